The van der Waals surface area contributed by atoms with Crippen molar-refractivity contribution in [2.24, 2.45) is 0 Å². The maximum atomic E-state index is 10.4. The molecule has 1 aliphatic rings. The van der Waals surface area contributed by atoms with Crippen LogP contribution in [0.2, 0.25) is 0 Å². The van der Waals surface area contributed by atoms with E-state index in [0.29, 0.717) is 6.54 Å². The lowest BCUT2D eigenvalue weighted by atomic mass is 9.91. The summed E-state index contributed by atoms with van der Waals surface area (Å²) in [4.78, 5) is 2.38. The van der Waals surface area contributed by atoms with E-state index in [0.717, 1.165) is 25.9 Å². The number of hydrogen-bond donors (Lipinski definition) is 2. The molecule has 0 aliphatic carbocycles. The van der Waals surface area contributed by atoms with Crippen LogP contribution in [-0.4, -0.2) is 37.4 Å². The third-order valence-corrected chi connectivity index (χ3v) is 3.77. The highest BCUT2D eigenvalue weighted by atomic mass is 16.3. The highest BCUT2D eigenvalue weighted by molar-refractivity contribution is 5.51. The van der Waals surface area contributed by atoms with E-state index >= 15 is 0 Å². The number of rotatable bonds is 3. The lowest BCUT2D eigenvalue weighted by Gasteiger charge is -2.39. The number of benzene rings is 1. The molecule has 3 nitrogen and oxygen atoms in total. The Hall–Kier alpha value is -1.06. The van der Waals surface area contributed by atoms with Crippen LogP contribution in [0.5, 0.6) is 0 Å². The Morgan fingerprint density at radius 1 is 1.17 bits per heavy atom. The molecule has 2 N–H and O–H groups in total. The highest BCUT2D eigenvalue weighted by Crippen LogP contribution is 2.27. The van der Waals surface area contributed by atoms with Gasteiger partial charge < -0.3 is 15.3 Å². The second kappa shape index (κ2) is 5.29. The molecule has 0 spiro atoms. The molecule has 1 fully saturated rings. The van der Waals surface area contributed by atoms with Gasteiger partial charge in [-0.25, -0.2) is 0 Å². The summed E-state index contributed by atoms with van der Waals surface area (Å²) in [7, 11) is 1.90. The first-order valence-corrected chi connectivity index (χ1v) is 6.73. The molecule has 100 valence electrons. The predicted octanol–water partition coefficient (Wildman–Crippen LogP) is 1.85. The second-order valence-corrected chi connectivity index (χ2v) is 5.59. The van der Waals surface area contributed by atoms with Crippen molar-refractivity contribution in [3.63, 3.8) is 0 Å². The van der Waals surface area contributed by atoms with Gasteiger partial charge in [0.05, 0.1) is 5.60 Å². The first-order chi connectivity index (χ1) is 8.52. The number of nitrogens with one attached hydrogen (secondary N) is 1. The summed E-state index contributed by atoms with van der Waals surface area (Å²) in [5.41, 5.74) is 3.38. The van der Waals surface area contributed by atoms with Crippen molar-refractivity contribution >= 4 is 5.69 Å². The molecule has 0 amide bonds. The van der Waals surface area contributed by atoms with E-state index in [9.17, 15) is 5.11 Å². The van der Waals surface area contributed by atoms with Crippen molar-refractivity contribution in [1.29, 1.82) is 0 Å². The van der Waals surface area contributed by atoms with Crippen LogP contribution in [0.25, 0.3) is 0 Å². The van der Waals surface area contributed by atoms with Crippen molar-refractivity contribution in [3.8, 4) is 0 Å². The van der Waals surface area contributed by atoms with Gasteiger partial charge in [-0.3, -0.25) is 0 Å². The van der Waals surface area contributed by atoms with E-state index in [2.05, 4.69) is 42.3 Å². The fourth-order valence-electron chi connectivity index (χ4n) is 2.82. The summed E-state index contributed by atoms with van der Waals surface area (Å²) in [5, 5.41) is 13.4. The number of likely N-dealkylation sites (N-methyl/N-ethyl adjacent to an activating group) is 1. The molecule has 0 bridgehead atoms. The molecule has 18 heavy (non-hydrogen) atoms. The molecule has 0 saturated carbocycles. The van der Waals surface area contributed by atoms with Crippen molar-refractivity contribution in [2.45, 2.75) is 32.3 Å². The Morgan fingerprint density at radius 3 is 2.22 bits per heavy atom. The SMILES string of the molecule is CNCC1(O)CCN(c2cc(C)cc(C)c2)CC1. The molecule has 1 saturated heterocycles. The zero-order valence-electron chi connectivity index (χ0n) is 11.7. The molecule has 1 aromatic rings. The monoisotopic (exact) mass is 248 g/mol. The minimum Gasteiger partial charge on any atom is -0.388 e. The third kappa shape index (κ3) is 3.03. The van der Waals surface area contributed by atoms with Crippen LogP contribution in [0.15, 0.2) is 18.2 Å². The van der Waals surface area contributed by atoms with Gasteiger partial charge in [0, 0.05) is 25.3 Å². The zero-order chi connectivity index (χ0) is 13.2. The largest absolute Gasteiger partial charge is 0.388 e. The van der Waals surface area contributed by atoms with Crippen LogP contribution in [0.3, 0.4) is 0 Å². The predicted molar refractivity (Wildman–Crippen MR) is 76.2 cm³/mol. The number of aryl methyl sites for hydroxylation is 2. The van der Waals surface area contributed by atoms with Crippen molar-refractivity contribution in [2.75, 3.05) is 31.6 Å². The van der Waals surface area contributed by atoms with Gasteiger partial charge in [0.2, 0.25) is 0 Å². The van der Waals surface area contributed by atoms with Crippen LogP contribution >= 0.6 is 0 Å². The van der Waals surface area contributed by atoms with Crippen LogP contribution in [0.1, 0.15) is 24.0 Å². The highest BCUT2D eigenvalue weighted by Gasteiger charge is 2.31. The summed E-state index contributed by atoms with van der Waals surface area (Å²) in [5.74, 6) is 0. The number of aliphatic hydroxyl groups is 1. The van der Waals surface area contributed by atoms with E-state index in [-0.39, 0.29) is 0 Å². The average Bonchev–Trinajstić information content (AvgIpc) is 2.28. The van der Waals surface area contributed by atoms with E-state index < -0.39 is 5.60 Å². The number of nitrogens with zero attached hydrogens (tertiary/aromatic N) is 1. The Bertz CT molecular complexity index is 389. The minimum absolute atomic E-state index is 0.524. The van der Waals surface area contributed by atoms with Crippen LogP contribution in [-0.2, 0) is 0 Å². The molecule has 2 rings (SSSR count). The van der Waals surface area contributed by atoms with E-state index in [4.69, 9.17) is 0 Å². The molecular weight excluding hydrogens is 224 g/mol. The minimum atomic E-state index is -0.524. The molecule has 1 aromatic carbocycles. The fourth-order valence-corrected chi connectivity index (χ4v) is 2.82. The smallest absolute Gasteiger partial charge is 0.0805 e. The maximum Gasteiger partial charge on any atom is 0.0805 e. The molecule has 1 heterocycles. The summed E-state index contributed by atoms with van der Waals surface area (Å²) < 4.78 is 0. The summed E-state index contributed by atoms with van der Waals surface area (Å²) in [6.45, 7) is 6.82. The second-order valence-electron chi connectivity index (χ2n) is 5.59. The van der Waals surface area contributed by atoms with Crippen LogP contribution < -0.4 is 10.2 Å². The van der Waals surface area contributed by atoms with Crippen LogP contribution in [0, 0.1) is 13.8 Å². The van der Waals surface area contributed by atoms with E-state index in [1.165, 1.54) is 16.8 Å². The summed E-state index contributed by atoms with van der Waals surface area (Å²) >= 11 is 0. The molecule has 0 unspecified atom stereocenters. The van der Waals surface area contributed by atoms with E-state index in [1.807, 2.05) is 7.05 Å². The number of hydrogen-bond acceptors (Lipinski definition) is 3. The van der Waals surface area contributed by atoms with Crippen molar-refractivity contribution < 1.29 is 5.11 Å². The standard InChI is InChI=1S/C15H24N2O/c1-12-8-13(2)10-14(9-12)17-6-4-15(18,5-7-17)11-16-3/h8-10,16,18H,4-7,11H2,1-3H3. The van der Waals surface area contributed by atoms with Gasteiger partial charge in [-0.2, -0.15) is 0 Å². The van der Waals surface area contributed by atoms with Crippen LogP contribution in [0.4, 0.5) is 5.69 Å². The molecule has 1 aliphatic heterocycles. The van der Waals surface area contributed by atoms with Gasteiger partial charge in [0.1, 0.15) is 0 Å². The van der Waals surface area contributed by atoms with E-state index in [1.54, 1.807) is 0 Å². The Labute approximate surface area is 110 Å². The Morgan fingerprint density at radius 2 is 1.72 bits per heavy atom. The topological polar surface area (TPSA) is 35.5 Å². The maximum absolute atomic E-state index is 10.4. The molecule has 0 atom stereocenters. The third-order valence-electron chi connectivity index (χ3n) is 3.77. The average molecular weight is 248 g/mol. The quantitative estimate of drug-likeness (QED) is 0.857. The Kier molecular flexibility index (Phi) is 3.93. The molecule has 0 aromatic heterocycles. The molecule has 3 heteroatoms. The molecule has 0 radical (unpaired) electrons. The zero-order valence-corrected chi connectivity index (χ0v) is 11.7. The van der Waals surface area contributed by atoms with Gasteiger partial charge in [-0.05, 0) is 57.0 Å². The normalized spacial score (nSPS) is 19.0. The lowest BCUT2D eigenvalue weighted by molar-refractivity contribution is 0.0185. The summed E-state index contributed by atoms with van der Waals surface area (Å²) in [6, 6.07) is 6.66. The van der Waals surface area contributed by atoms with Gasteiger partial charge in [0.25, 0.3) is 0 Å². The lowest BCUT2D eigenvalue weighted by Crippen LogP contribution is -2.49. The first-order valence-electron chi connectivity index (χ1n) is 6.73. The first kappa shape index (κ1) is 13.4. The molecular formula is C15H24N2O. The number of piperidine rings is 1. The Balaban J connectivity index is 2.05. The van der Waals surface area contributed by atoms with Gasteiger partial charge in [-0.1, -0.05) is 6.07 Å². The fraction of sp³-hybridized carbons (Fsp3) is 0.600. The van der Waals surface area contributed by atoms with Gasteiger partial charge in [-0.15, -0.1) is 0 Å². The van der Waals surface area contributed by atoms with Crippen molar-refractivity contribution in [3.05, 3.63) is 29.3 Å². The van der Waals surface area contributed by atoms with Gasteiger partial charge >= 0.3 is 0 Å². The summed E-state index contributed by atoms with van der Waals surface area (Å²) in [6.07, 6.45) is 1.67. The van der Waals surface area contributed by atoms with Crippen molar-refractivity contribution in [1.82, 2.24) is 5.32 Å². The number of anilines is 1. The van der Waals surface area contributed by atoms with Gasteiger partial charge in [0.15, 0.2) is 0 Å².